The lowest BCUT2D eigenvalue weighted by Gasteiger charge is -2.01. The molecule has 2 heterocycles. The van der Waals surface area contributed by atoms with Crippen LogP contribution in [0.5, 0.6) is 5.75 Å². The van der Waals surface area contributed by atoms with Gasteiger partial charge in [0.15, 0.2) is 0 Å². The van der Waals surface area contributed by atoms with Crippen molar-refractivity contribution >= 4 is 10.9 Å². The molecule has 0 aliphatic heterocycles. The molecule has 0 radical (unpaired) electrons. The number of hydrogen-bond acceptors (Lipinski definition) is 3. The lowest BCUT2D eigenvalue weighted by molar-refractivity contribution is 0.415. The Bertz CT molecular complexity index is 772. The van der Waals surface area contributed by atoms with Gasteiger partial charge in [-0.15, -0.1) is 0 Å². The molecule has 22 heavy (non-hydrogen) atoms. The fourth-order valence-electron chi connectivity index (χ4n) is 2.61. The smallest absolute Gasteiger partial charge is 0.119 e. The summed E-state index contributed by atoms with van der Waals surface area (Å²) in [5.41, 5.74) is 4.52. The van der Waals surface area contributed by atoms with Crippen LogP contribution < -0.4 is 10.1 Å². The molecule has 3 rings (SSSR count). The van der Waals surface area contributed by atoms with Gasteiger partial charge >= 0.3 is 0 Å². The summed E-state index contributed by atoms with van der Waals surface area (Å²) in [6, 6.07) is 8.21. The highest BCUT2D eigenvalue weighted by atomic mass is 16.5. The SMILES string of the molecule is CCc1nc(CNCc2cc3cc(OC)ccc3[nH]2)c(C)[nH]1. The third kappa shape index (κ3) is 2.99. The van der Waals surface area contributed by atoms with Crippen LogP contribution in [0.15, 0.2) is 24.3 Å². The first-order chi connectivity index (χ1) is 10.7. The Morgan fingerprint density at radius 1 is 1.18 bits per heavy atom. The molecule has 5 heteroatoms. The molecule has 3 N–H and O–H groups in total. The third-order valence-electron chi connectivity index (χ3n) is 3.86. The summed E-state index contributed by atoms with van der Waals surface area (Å²) in [5.74, 6) is 1.93. The normalized spacial score (nSPS) is 11.2. The second-order valence-corrected chi connectivity index (χ2v) is 5.46. The summed E-state index contributed by atoms with van der Waals surface area (Å²) < 4.78 is 5.26. The summed E-state index contributed by atoms with van der Waals surface area (Å²) in [6.45, 7) is 5.72. The average Bonchev–Trinajstić information content (AvgIpc) is 3.09. The van der Waals surface area contributed by atoms with Crippen molar-refractivity contribution in [2.45, 2.75) is 33.4 Å². The highest BCUT2D eigenvalue weighted by Gasteiger charge is 2.06. The van der Waals surface area contributed by atoms with Crippen LogP contribution in [0.25, 0.3) is 10.9 Å². The van der Waals surface area contributed by atoms with E-state index in [2.05, 4.69) is 40.2 Å². The van der Waals surface area contributed by atoms with Crippen molar-refractivity contribution in [1.82, 2.24) is 20.3 Å². The number of aryl methyl sites for hydroxylation is 2. The quantitative estimate of drug-likeness (QED) is 0.655. The van der Waals surface area contributed by atoms with Crippen LogP contribution in [-0.2, 0) is 19.5 Å². The monoisotopic (exact) mass is 298 g/mol. The minimum atomic E-state index is 0.765. The topological polar surface area (TPSA) is 65.7 Å². The van der Waals surface area contributed by atoms with Gasteiger partial charge in [0.2, 0.25) is 0 Å². The van der Waals surface area contributed by atoms with E-state index in [4.69, 9.17) is 4.74 Å². The Balaban J connectivity index is 1.64. The van der Waals surface area contributed by atoms with Crippen LogP contribution in [0.2, 0.25) is 0 Å². The fourth-order valence-corrected chi connectivity index (χ4v) is 2.61. The van der Waals surface area contributed by atoms with Crippen LogP contribution in [0.3, 0.4) is 0 Å². The minimum absolute atomic E-state index is 0.765. The maximum absolute atomic E-state index is 5.26. The first-order valence-electron chi connectivity index (χ1n) is 7.60. The number of aromatic amines is 2. The van der Waals surface area contributed by atoms with E-state index < -0.39 is 0 Å². The summed E-state index contributed by atoms with van der Waals surface area (Å²) in [4.78, 5) is 11.3. The number of nitrogens with one attached hydrogen (secondary N) is 3. The van der Waals surface area contributed by atoms with Crippen LogP contribution in [0, 0.1) is 6.92 Å². The van der Waals surface area contributed by atoms with E-state index in [1.54, 1.807) is 7.11 Å². The predicted octanol–water partition coefficient (Wildman–Crippen LogP) is 3.06. The molecule has 3 aromatic rings. The van der Waals surface area contributed by atoms with Gasteiger partial charge in [0.05, 0.1) is 12.8 Å². The first kappa shape index (κ1) is 14.7. The summed E-state index contributed by atoms with van der Waals surface area (Å²) >= 11 is 0. The second-order valence-electron chi connectivity index (χ2n) is 5.46. The molecule has 0 amide bonds. The van der Waals surface area contributed by atoms with Crippen molar-refractivity contribution in [2.75, 3.05) is 7.11 Å². The van der Waals surface area contributed by atoms with Gasteiger partial charge in [-0.2, -0.15) is 0 Å². The molecule has 0 bridgehead atoms. The van der Waals surface area contributed by atoms with Crippen LogP contribution >= 0.6 is 0 Å². The van der Waals surface area contributed by atoms with Gasteiger partial charge in [-0.25, -0.2) is 4.98 Å². The van der Waals surface area contributed by atoms with Crippen molar-refractivity contribution in [3.8, 4) is 5.75 Å². The van der Waals surface area contributed by atoms with Gasteiger partial charge in [-0.1, -0.05) is 6.92 Å². The van der Waals surface area contributed by atoms with Gasteiger partial charge in [0, 0.05) is 41.8 Å². The number of aromatic nitrogens is 3. The van der Waals surface area contributed by atoms with E-state index in [0.717, 1.165) is 53.7 Å². The fraction of sp³-hybridized carbons (Fsp3) is 0.353. The van der Waals surface area contributed by atoms with Crippen molar-refractivity contribution in [3.63, 3.8) is 0 Å². The number of hydrogen-bond donors (Lipinski definition) is 3. The molecule has 5 nitrogen and oxygen atoms in total. The van der Waals surface area contributed by atoms with E-state index in [1.165, 1.54) is 5.39 Å². The van der Waals surface area contributed by atoms with Crippen molar-refractivity contribution in [1.29, 1.82) is 0 Å². The lowest BCUT2D eigenvalue weighted by atomic mass is 10.2. The van der Waals surface area contributed by atoms with Gasteiger partial charge in [-0.3, -0.25) is 0 Å². The standard InChI is InChI=1S/C17H22N4O/c1-4-17-19-11(2)16(21-17)10-18-9-13-7-12-8-14(22-3)5-6-15(12)20-13/h5-8,18,20H,4,9-10H2,1-3H3,(H,19,21). The molecule has 0 saturated heterocycles. The molecule has 0 unspecified atom stereocenters. The summed E-state index contributed by atoms with van der Waals surface area (Å²) in [7, 11) is 1.69. The molecule has 0 fully saturated rings. The number of fused-ring (bicyclic) bond motifs is 1. The molecular weight excluding hydrogens is 276 g/mol. The van der Waals surface area contributed by atoms with E-state index in [9.17, 15) is 0 Å². The molecule has 116 valence electrons. The molecule has 0 aliphatic carbocycles. The molecule has 1 aromatic carbocycles. The zero-order valence-electron chi connectivity index (χ0n) is 13.3. The molecule has 0 aliphatic rings. The number of nitrogens with zero attached hydrogens (tertiary/aromatic N) is 1. The Hall–Kier alpha value is -2.27. The van der Waals surface area contributed by atoms with E-state index in [0.29, 0.717) is 0 Å². The van der Waals surface area contributed by atoms with Crippen molar-refractivity contribution in [3.05, 3.63) is 47.2 Å². The Kier molecular flexibility index (Phi) is 4.15. The van der Waals surface area contributed by atoms with Crippen molar-refractivity contribution < 1.29 is 4.74 Å². The predicted molar refractivity (Wildman–Crippen MR) is 88.1 cm³/mol. The minimum Gasteiger partial charge on any atom is -0.497 e. The molecule has 0 atom stereocenters. The van der Waals surface area contributed by atoms with Gasteiger partial charge in [-0.05, 0) is 31.2 Å². The van der Waals surface area contributed by atoms with E-state index in [1.807, 2.05) is 18.2 Å². The number of ether oxygens (including phenoxy) is 1. The second kappa shape index (κ2) is 6.23. The Morgan fingerprint density at radius 2 is 2.05 bits per heavy atom. The van der Waals surface area contributed by atoms with E-state index >= 15 is 0 Å². The van der Waals surface area contributed by atoms with Crippen molar-refractivity contribution in [2.24, 2.45) is 0 Å². The largest absolute Gasteiger partial charge is 0.497 e. The van der Waals surface area contributed by atoms with Crippen LogP contribution in [0.1, 0.15) is 29.8 Å². The third-order valence-corrected chi connectivity index (χ3v) is 3.86. The highest BCUT2D eigenvalue weighted by molar-refractivity contribution is 5.81. The number of benzene rings is 1. The van der Waals surface area contributed by atoms with Crippen LogP contribution in [-0.4, -0.2) is 22.1 Å². The number of methoxy groups -OCH3 is 1. The van der Waals surface area contributed by atoms with Gasteiger partial charge < -0.3 is 20.0 Å². The van der Waals surface area contributed by atoms with Gasteiger partial charge in [0.25, 0.3) is 0 Å². The molecule has 0 saturated carbocycles. The van der Waals surface area contributed by atoms with Crippen LogP contribution in [0.4, 0.5) is 0 Å². The zero-order chi connectivity index (χ0) is 15.5. The average molecular weight is 298 g/mol. The van der Waals surface area contributed by atoms with Gasteiger partial charge in [0.1, 0.15) is 11.6 Å². The molecule has 0 spiro atoms. The summed E-state index contributed by atoms with van der Waals surface area (Å²) in [5, 5.41) is 4.61. The molecule has 2 aromatic heterocycles. The zero-order valence-corrected chi connectivity index (χ0v) is 13.3. The highest BCUT2D eigenvalue weighted by Crippen LogP contribution is 2.21. The molecular formula is C17H22N4O. The van der Waals surface area contributed by atoms with E-state index in [-0.39, 0.29) is 0 Å². The Morgan fingerprint density at radius 3 is 2.77 bits per heavy atom. The summed E-state index contributed by atoms with van der Waals surface area (Å²) in [6.07, 6.45) is 0.935. The number of imidazole rings is 1. The maximum atomic E-state index is 5.26. The first-order valence-corrected chi connectivity index (χ1v) is 7.60. The Labute approximate surface area is 130 Å². The maximum Gasteiger partial charge on any atom is 0.119 e. The number of H-pyrrole nitrogens is 2. The number of rotatable bonds is 6. The lowest BCUT2D eigenvalue weighted by Crippen LogP contribution is -2.13.